The van der Waals surface area contributed by atoms with Crippen LogP contribution >= 0.6 is 0 Å². The lowest BCUT2D eigenvalue weighted by Gasteiger charge is -2.22. The van der Waals surface area contributed by atoms with Crippen molar-refractivity contribution in [1.29, 1.82) is 0 Å². The molecule has 0 amide bonds. The number of methoxy groups -OCH3 is 1. The summed E-state index contributed by atoms with van der Waals surface area (Å²) < 4.78 is 4.82. The zero-order valence-corrected chi connectivity index (χ0v) is 10.1. The SMILES string of the molecule is COC(=O)C(CC1CCCCC1)=C(C)C. The molecule has 86 valence electrons. The molecule has 0 aromatic rings. The molecule has 0 N–H and O–H groups in total. The molecule has 0 aliphatic heterocycles. The first-order valence-electron chi connectivity index (χ1n) is 5.89. The van der Waals surface area contributed by atoms with Gasteiger partial charge in [-0.05, 0) is 26.2 Å². The zero-order valence-electron chi connectivity index (χ0n) is 10.1. The maximum atomic E-state index is 11.5. The molecule has 0 bridgehead atoms. The molecule has 2 heteroatoms. The first kappa shape index (κ1) is 12.3. The summed E-state index contributed by atoms with van der Waals surface area (Å²) in [7, 11) is 1.46. The lowest BCUT2D eigenvalue weighted by Crippen LogP contribution is -2.13. The molecule has 1 aliphatic carbocycles. The molecule has 0 spiro atoms. The zero-order chi connectivity index (χ0) is 11.3. The van der Waals surface area contributed by atoms with Gasteiger partial charge in [0.05, 0.1) is 7.11 Å². The van der Waals surface area contributed by atoms with E-state index < -0.39 is 0 Å². The van der Waals surface area contributed by atoms with E-state index in [-0.39, 0.29) is 5.97 Å². The van der Waals surface area contributed by atoms with Crippen molar-refractivity contribution in [2.45, 2.75) is 52.4 Å². The highest BCUT2D eigenvalue weighted by molar-refractivity contribution is 5.89. The number of allylic oxidation sites excluding steroid dienone is 1. The highest BCUT2D eigenvalue weighted by Gasteiger charge is 2.19. The summed E-state index contributed by atoms with van der Waals surface area (Å²) in [5.74, 6) is 0.559. The molecular weight excluding hydrogens is 188 g/mol. The molecule has 0 saturated heterocycles. The van der Waals surface area contributed by atoms with Gasteiger partial charge >= 0.3 is 5.97 Å². The van der Waals surface area contributed by atoms with Crippen LogP contribution in [0, 0.1) is 5.92 Å². The van der Waals surface area contributed by atoms with Gasteiger partial charge in [-0.2, -0.15) is 0 Å². The number of hydrogen-bond acceptors (Lipinski definition) is 2. The van der Waals surface area contributed by atoms with E-state index in [4.69, 9.17) is 4.74 Å². The summed E-state index contributed by atoms with van der Waals surface area (Å²) in [4.78, 5) is 11.5. The van der Waals surface area contributed by atoms with Gasteiger partial charge in [0, 0.05) is 5.57 Å². The van der Waals surface area contributed by atoms with Crippen molar-refractivity contribution in [1.82, 2.24) is 0 Å². The van der Waals surface area contributed by atoms with E-state index >= 15 is 0 Å². The fourth-order valence-electron chi connectivity index (χ4n) is 2.29. The van der Waals surface area contributed by atoms with Gasteiger partial charge in [0.1, 0.15) is 0 Å². The Morgan fingerprint density at radius 1 is 1.20 bits per heavy atom. The fourth-order valence-corrected chi connectivity index (χ4v) is 2.29. The lowest BCUT2D eigenvalue weighted by atomic mass is 9.84. The van der Waals surface area contributed by atoms with E-state index in [1.807, 2.05) is 13.8 Å². The maximum Gasteiger partial charge on any atom is 0.333 e. The van der Waals surface area contributed by atoms with Crippen molar-refractivity contribution in [3.05, 3.63) is 11.1 Å². The molecule has 0 aromatic carbocycles. The van der Waals surface area contributed by atoms with Crippen molar-refractivity contribution < 1.29 is 9.53 Å². The van der Waals surface area contributed by atoms with Gasteiger partial charge in [-0.3, -0.25) is 0 Å². The molecule has 0 unspecified atom stereocenters. The van der Waals surface area contributed by atoms with E-state index in [1.165, 1.54) is 39.2 Å². The summed E-state index contributed by atoms with van der Waals surface area (Å²) in [6.07, 6.45) is 7.46. The van der Waals surface area contributed by atoms with E-state index in [9.17, 15) is 4.79 Å². The van der Waals surface area contributed by atoms with Crippen molar-refractivity contribution in [2.24, 2.45) is 5.92 Å². The normalized spacial score (nSPS) is 17.3. The molecule has 0 atom stereocenters. The standard InChI is InChI=1S/C13H22O2/c1-10(2)12(13(14)15-3)9-11-7-5-4-6-8-11/h11H,4-9H2,1-3H3. The van der Waals surface area contributed by atoms with Crippen LogP contribution in [0.15, 0.2) is 11.1 Å². The number of rotatable bonds is 3. The van der Waals surface area contributed by atoms with Crippen LogP contribution in [0.3, 0.4) is 0 Å². The van der Waals surface area contributed by atoms with E-state index in [1.54, 1.807) is 0 Å². The second-order valence-electron chi connectivity index (χ2n) is 4.68. The van der Waals surface area contributed by atoms with Gasteiger partial charge in [-0.1, -0.05) is 37.7 Å². The predicted molar refractivity (Wildman–Crippen MR) is 61.6 cm³/mol. The third-order valence-electron chi connectivity index (χ3n) is 3.25. The average Bonchev–Trinajstić information content (AvgIpc) is 2.26. The van der Waals surface area contributed by atoms with Crippen LogP contribution in [-0.2, 0) is 9.53 Å². The van der Waals surface area contributed by atoms with Crippen LogP contribution < -0.4 is 0 Å². The number of carbonyl (C=O) groups is 1. The Hall–Kier alpha value is -0.790. The van der Waals surface area contributed by atoms with Gasteiger partial charge < -0.3 is 4.74 Å². The Morgan fingerprint density at radius 2 is 1.80 bits per heavy atom. The quantitative estimate of drug-likeness (QED) is 0.526. The second-order valence-corrected chi connectivity index (χ2v) is 4.68. The molecule has 1 rings (SSSR count). The Morgan fingerprint density at radius 3 is 2.27 bits per heavy atom. The Kier molecular flexibility index (Phi) is 4.86. The van der Waals surface area contributed by atoms with Crippen LogP contribution in [0.1, 0.15) is 52.4 Å². The molecule has 0 radical (unpaired) electrons. The monoisotopic (exact) mass is 210 g/mol. The summed E-state index contributed by atoms with van der Waals surface area (Å²) in [6, 6.07) is 0. The molecule has 1 aliphatic rings. The summed E-state index contributed by atoms with van der Waals surface area (Å²) in [5.41, 5.74) is 2.00. The molecule has 1 fully saturated rings. The van der Waals surface area contributed by atoms with Crippen molar-refractivity contribution in [3.8, 4) is 0 Å². The van der Waals surface area contributed by atoms with Gasteiger partial charge in [0.15, 0.2) is 0 Å². The molecule has 0 heterocycles. The first-order chi connectivity index (χ1) is 7.15. The van der Waals surface area contributed by atoms with Crippen LogP contribution in [0.25, 0.3) is 0 Å². The Bertz CT molecular complexity index is 243. The van der Waals surface area contributed by atoms with E-state index in [0.717, 1.165) is 17.6 Å². The molecule has 0 aromatic heterocycles. The average molecular weight is 210 g/mol. The second kappa shape index (κ2) is 5.94. The Balaban J connectivity index is 2.59. The predicted octanol–water partition coefficient (Wildman–Crippen LogP) is 3.47. The molecular formula is C13H22O2. The smallest absolute Gasteiger partial charge is 0.333 e. The summed E-state index contributed by atoms with van der Waals surface area (Å²) in [6.45, 7) is 3.99. The minimum Gasteiger partial charge on any atom is -0.466 e. The summed E-state index contributed by atoms with van der Waals surface area (Å²) >= 11 is 0. The van der Waals surface area contributed by atoms with Gasteiger partial charge in [-0.15, -0.1) is 0 Å². The largest absolute Gasteiger partial charge is 0.466 e. The van der Waals surface area contributed by atoms with Gasteiger partial charge in [0.2, 0.25) is 0 Å². The minimum atomic E-state index is -0.138. The maximum absolute atomic E-state index is 11.5. The van der Waals surface area contributed by atoms with Crippen molar-refractivity contribution >= 4 is 5.97 Å². The topological polar surface area (TPSA) is 26.3 Å². The lowest BCUT2D eigenvalue weighted by molar-refractivity contribution is -0.136. The molecule has 1 saturated carbocycles. The Labute approximate surface area is 92.7 Å². The van der Waals surface area contributed by atoms with Crippen LogP contribution in [-0.4, -0.2) is 13.1 Å². The van der Waals surface area contributed by atoms with Crippen molar-refractivity contribution in [3.63, 3.8) is 0 Å². The number of ether oxygens (including phenoxy) is 1. The number of carbonyl (C=O) groups excluding carboxylic acids is 1. The van der Waals surface area contributed by atoms with Crippen LogP contribution in [0.2, 0.25) is 0 Å². The van der Waals surface area contributed by atoms with Crippen molar-refractivity contribution in [2.75, 3.05) is 7.11 Å². The number of hydrogen-bond donors (Lipinski definition) is 0. The van der Waals surface area contributed by atoms with E-state index in [0.29, 0.717) is 5.92 Å². The van der Waals surface area contributed by atoms with Gasteiger partial charge in [0.25, 0.3) is 0 Å². The highest BCUT2D eigenvalue weighted by atomic mass is 16.5. The number of esters is 1. The minimum absolute atomic E-state index is 0.138. The first-order valence-corrected chi connectivity index (χ1v) is 5.89. The van der Waals surface area contributed by atoms with Gasteiger partial charge in [-0.25, -0.2) is 4.79 Å². The van der Waals surface area contributed by atoms with E-state index in [2.05, 4.69) is 0 Å². The highest BCUT2D eigenvalue weighted by Crippen LogP contribution is 2.30. The third-order valence-corrected chi connectivity index (χ3v) is 3.25. The fraction of sp³-hybridized carbons (Fsp3) is 0.769. The summed E-state index contributed by atoms with van der Waals surface area (Å²) in [5, 5.41) is 0. The third kappa shape index (κ3) is 3.69. The van der Waals surface area contributed by atoms with Crippen LogP contribution in [0.4, 0.5) is 0 Å². The van der Waals surface area contributed by atoms with Crippen LogP contribution in [0.5, 0.6) is 0 Å². The molecule has 2 nitrogen and oxygen atoms in total. The molecule has 15 heavy (non-hydrogen) atoms.